The molecule has 0 aromatic heterocycles. The fraction of sp³-hybridized carbons (Fsp3) is 0.273. The molecule has 0 aliphatic carbocycles. The van der Waals surface area contributed by atoms with Gasteiger partial charge in [0.25, 0.3) is 0 Å². The SMILES string of the molecule is CCN1CCN(c2ccc(NC(=S)NC(=O)/C=C/c3ccc(Cl)cc3)cc2Cl)CC1. The molecule has 8 heteroatoms. The van der Waals surface area contributed by atoms with Gasteiger partial charge in [0, 0.05) is 43.0 Å². The molecule has 0 atom stereocenters. The van der Waals surface area contributed by atoms with Crippen LogP contribution in [0.15, 0.2) is 48.5 Å². The highest BCUT2D eigenvalue weighted by molar-refractivity contribution is 7.80. The maximum Gasteiger partial charge on any atom is 0.250 e. The zero-order valence-electron chi connectivity index (χ0n) is 16.7. The summed E-state index contributed by atoms with van der Waals surface area (Å²) in [5, 5.41) is 7.14. The van der Waals surface area contributed by atoms with Crippen molar-refractivity contribution in [2.24, 2.45) is 0 Å². The van der Waals surface area contributed by atoms with Gasteiger partial charge in [-0.15, -0.1) is 0 Å². The fourth-order valence-corrected chi connectivity index (χ4v) is 3.85. The van der Waals surface area contributed by atoms with Crippen molar-refractivity contribution in [3.8, 4) is 0 Å². The van der Waals surface area contributed by atoms with Crippen LogP contribution in [0.1, 0.15) is 12.5 Å². The summed E-state index contributed by atoms with van der Waals surface area (Å²) in [6.07, 6.45) is 3.11. The maximum absolute atomic E-state index is 12.1. The van der Waals surface area contributed by atoms with Crippen molar-refractivity contribution in [1.82, 2.24) is 10.2 Å². The quantitative estimate of drug-likeness (QED) is 0.499. The lowest BCUT2D eigenvalue weighted by molar-refractivity contribution is -0.115. The van der Waals surface area contributed by atoms with Gasteiger partial charge in [0.15, 0.2) is 5.11 Å². The Morgan fingerprint density at radius 2 is 1.80 bits per heavy atom. The maximum atomic E-state index is 12.1. The number of amides is 1. The van der Waals surface area contributed by atoms with Crippen LogP contribution in [0, 0.1) is 0 Å². The molecule has 0 unspecified atom stereocenters. The van der Waals surface area contributed by atoms with Gasteiger partial charge < -0.3 is 15.1 Å². The number of nitrogens with zero attached hydrogens (tertiary/aromatic N) is 2. The normalized spacial score (nSPS) is 14.7. The summed E-state index contributed by atoms with van der Waals surface area (Å²) in [5.74, 6) is -0.320. The molecule has 0 radical (unpaired) electrons. The number of carbonyl (C=O) groups is 1. The predicted octanol–water partition coefficient (Wildman–Crippen LogP) is 4.66. The van der Waals surface area contributed by atoms with Crippen molar-refractivity contribution in [1.29, 1.82) is 0 Å². The van der Waals surface area contributed by atoms with Crippen molar-refractivity contribution in [2.75, 3.05) is 42.9 Å². The molecule has 1 amide bonds. The summed E-state index contributed by atoms with van der Waals surface area (Å²) in [6.45, 7) is 7.23. The van der Waals surface area contributed by atoms with E-state index in [1.54, 1.807) is 18.2 Å². The summed E-state index contributed by atoms with van der Waals surface area (Å²) < 4.78 is 0. The van der Waals surface area contributed by atoms with Crippen LogP contribution in [-0.4, -0.2) is 48.6 Å². The molecule has 2 N–H and O–H groups in total. The van der Waals surface area contributed by atoms with Crippen molar-refractivity contribution < 1.29 is 4.79 Å². The molecule has 30 heavy (non-hydrogen) atoms. The Hall–Kier alpha value is -2.12. The van der Waals surface area contributed by atoms with Crippen LogP contribution in [0.25, 0.3) is 6.08 Å². The number of carbonyl (C=O) groups excluding carboxylic acids is 1. The number of halogens is 2. The smallest absolute Gasteiger partial charge is 0.250 e. The van der Waals surface area contributed by atoms with E-state index >= 15 is 0 Å². The van der Waals surface area contributed by atoms with Gasteiger partial charge in [-0.25, -0.2) is 0 Å². The van der Waals surface area contributed by atoms with Crippen molar-refractivity contribution in [3.05, 3.63) is 64.1 Å². The Kier molecular flexibility index (Phi) is 8.10. The zero-order valence-corrected chi connectivity index (χ0v) is 19.0. The highest BCUT2D eigenvalue weighted by Gasteiger charge is 2.18. The fourth-order valence-electron chi connectivity index (χ4n) is 3.21. The number of hydrogen-bond donors (Lipinski definition) is 2. The van der Waals surface area contributed by atoms with E-state index < -0.39 is 0 Å². The Balaban J connectivity index is 1.53. The molecule has 1 heterocycles. The van der Waals surface area contributed by atoms with Crippen molar-refractivity contribution in [3.63, 3.8) is 0 Å². The van der Waals surface area contributed by atoms with Crippen LogP contribution in [0.2, 0.25) is 10.0 Å². The number of benzene rings is 2. The van der Waals surface area contributed by atoms with E-state index in [1.807, 2.05) is 30.3 Å². The lowest BCUT2D eigenvalue weighted by Gasteiger charge is -2.36. The average molecular weight is 463 g/mol. The van der Waals surface area contributed by atoms with Gasteiger partial charge in [0.2, 0.25) is 5.91 Å². The van der Waals surface area contributed by atoms with Crippen LogP contribution < -0.4 is 15.5 Å². The van der Waals surface area contributed by atoms with E-state index in [1.165, 1.54) is 6.08 Å². The third-order valence-electron chi connectivity index (χ3n) is 4.90. The Bertz CT molecular complexity index is 925. The monoisotopic (exact) mass is 462 g/mol. The summed E-state index contributed by atoms with van der Waals surface area (Å²) in [4.78, 5) is 16.8. The lowest BCUT2D eigenvalue weighted by atomic mass is 10.2. The third kappa shape index (κ3) is 6.44. The molecule has 1 fully saturated rings. The number of piperazine rings is 1. The van der Waals surface area contributed by atoms with Gasteiger partial charge in [0.1, 0.15) is 0 Å². The first kappa shape index (κ1) is 22.6. The molecule has 1 saturated heterocycles. The van der Waals surface area contributed by atoms with Gasteiger partial charge in [0.05, 0.1) is 10.7 Å². The molecule has 0 bridgehead atoms. The molecule has 1 aliphatic heterocycles. The molecule has 0 spiro atoms. The summed E-state index contributed by atoms with van der Waals surface area (Å²) in [6, 6.07) is 12.9. The first-order chi connectivity index (χ1) is 14.4. The summed E-state index contributed by atoms with van der Waals surface area (Å²) in [7, 11) is 0. The molecule has 3 rings (SSSR count). The number of nitrogens with one attached hydrogen (secondary N) is 2. The molecule has 2 aromatic rings. The number of anilines is 2. The number of thiocarbonyl (C=S) groups is 1. The van der Waals surface area contributed by atoms with Gasteiger partial charge in [-0.2, -0.15) is 0 Å². The molecule has 5 nitrogen and oxygen atoms in total. The molecule has 2 aromatic carbocycles. The van der Waals surface area contributed by atoms with Gasteiger partial charge in [-0.1, -0.05) is 42.3 Å². The summed E-state index contributed by atoms with van der Waals surface area (Å²) >= 11 is 17.6. The molecule has 0 saturated carbocycles. The van der Waals surface area contributed by atoms with E-state index in [0.29, 0.717) is 10.0 Å². The van der Waals surface area contributed by atoms with E-state index in [0.717, 1.165) is 49.7 Å². The van der Waals surface area contributed by atoms with E-state index in [-0.39, 0.29) is 11.0 Å². The van der Waals surface area contributed by atoms with Crippen molar-refractivity contribution in [2.45, 2.75) is 6.92 Å². The topological polar surface area (TPSA) is 47.6 Å². The second kappa shape index (κ2) is 10.8. The highest BCUT2D eigenvalue weighted by Crippen LogP contribution is 2.29. The van der Waals surface area contributed by atoms with Gasteiger partial charge >= 0.3 is 0 Å². The van der Waals surface area contributed by atoms with E-state index in [4.69, 9.17) is 35.4 Å². The van der Waals surface area contributed by atoms with E-state index in [9.17, 15) is 4.79 Å². The average Bonchev–Trinajstić information content (AvgIpc) is 2.73. The molecule has 158 valence electrons. The molecular weight excluding hydrogens is 439 g/mol. The van der Waals surface area contributed by atoms with Crippen LogP contribution in [0.3, 0.4) is 0 Å². The van der Waals surface area contributed by atoms with Gasteiger partial charge in [-0.3, -0.25) is 10.1 Å². The summed E-state index contributed by atoms with van der Waals surface area (Å²) in [5.41, 5.74) is 2.61. The van der Waals surface area contributed by atoms with Crippen molar-refractivity contribution >= 4 is 63.9 Å². The van der Waals surface area contributed by atoms with Crippen LogP contribution in [-0.2, 0) is 4.79 Å². The minimum atomic E-state index is -0.320. The minimum absolute atomic E-state index is 0.209. The predicted molar refractivity (Wildman–Crippen MR) is 131 cm³/mol. The number of hydrogen-bond acceptors (Lipinski definition) is 4. The molecular formula is C22H24Cl2N4OS. The van der Waals surface area contributed by atoms with Crippen LogP contribution >= 0.6 is 35.4 Å². The van der Waals surface area contributed by atoms with Gasteiger partial charge in [-0.05, 0) is 60.7 Å². The Morgan fingerprint density at radius 3 is 2.43 bits per heavy atom. The Labute approximate surface area is 192 Å². The van der Waals surface area contributed by atoms with E-state index in [2.05, 4.69) is 27.4 Å². The van der Waals surface area contributed by atoms with Crippen LogP contribution in [0.5, 0.6) is 0 Å². The number of rotatable bonds is 5. The Morgan fingerprint density at radius 1 is 1.10 bits per heavy atom. The lowest BCUT2D eigenvalue weighted by Crippen LogP contribution is -2.46. The second-order valence-electron chi connectivity index (χ2n) is 6.92. The highest BCUT2D eigenvalue weighted by atomic mass is 35.5. The van der Waals surface area contributed by atoms with Crippen LogP contribution in [0.4, 0.5) is 11.4 Å². The number of likely N-dealkylation sites (N-methyl/N-ethyl adjacent to an activating group) is 1. The standard InChI is InChI=1S/C22H24Cl2N4OS/c1-2-27-11-13-28(14-12-27)20-9-8-18(15-19(20)24)25-22(30)26-21(29)10-5-16-3-6-17(23)7-4-16/h3-10,15H,2,11-14H2,1H3,(H2,25,26,29,30)/b10-5+. The first-order valence-corrected chi connectivity index (χ1v) is 10.9. The first-order valence-electron chi connectivity index (χ1n) is 9.77. The third-order valence-corrected chi connectivity index (χ3v) is 5.66. The second-order valence-corrected chi connectivity index (χ2v) is 8.17. The molecule has 1 aliphatic rings. The zero-order chi connectivity index (χ0) is 21.5. The minimum Gasteiger partial charge on any atom is -0.368 e. The largest absolute Gasteiger partial charge is 0.368 e.